The monoisotopic (exact) mass is 443 g/mol. The molecule has 1 saturated heterocycles. The zero-order valence-electron chi connectivity index (χ0n) is 15.9. The lowest BCUT2D eigenvalue weighted by Crippen LogP contribution is -2.28. The Labute approximate surface area is 179 Å². The van der Waals surface area contributed by atoms with E-state index in [4.69, 9.17) is 0 Å². The molecule has 0 bridgehead atoms. The molecular formula is C22H16F3N3O2S. The van der Waals surface area contributed by atoms with E-state index in [1.807, 2.05) is 36.4 Å². The molecule has 9 heteroatoms. The van der Waals surface area contributed by atoms with Gasteiger partial charge in [0, 0.05) is 12.1 Å². The zero-order valence-corrected chi connectivity index (χ0v) is 16.8. The molecule has 0 saturated carbocycles. The van der Waals surface area contributed by atoms with E-state index in [9.17, 15) is 22.8 Å². The average Bonchev–Trinajstić information content (AvgIpc) is 3.06. The fourth-order valence-electron chi connectivity index (χ4n) is 3.16. The van der Waals surface area contributed by atoms with Gasteiger partial charge < -0.3 is 10.6 Å². The highest BCUT2D eigenvalue weighted by molar-refractivity contribution is 8.15. The molecule has 1 fully saturated rings. The van der Waals surface area contributed by atoms with Crippen LogP contribution in [0.5, 0.6) is 0 Å². The third-order valence-electron chi connectivity index (χ3n) is 4.61. The molecule has 0 spiro atoms. The molecule has 0 aliphatic carbocycles. The molecule has 31 heavy (non-hydrogen) atoms. The minimum atomic E-state index is -4.56. The molecule has 3 aromatic carbocycles. The maximum Gasteiger partial charge on any atom is 0.418 e. The van der Waals surface area contributed by atoms with Gasteiger partial charge >= 0.3 is 6.18 Å². The molecule has 0 aromatic heterocycles. The van der Waals surface area contributed by atoms with Crippen molar-refractivity contribution in [1.29, 1.82) is 0 Å². The third-order valence-corrected chi connectivity index (χ3v) is 5.69. The van der Waals surface area contributed by atoms with Gasteiger partial charge in [0.2, 0.25) is 11.8 Å². The van der Waals surface area contributed by atoms with Crippen molar-refractivity contribution < 1.29 is 22.8 Å². The Bertz CT molecular complexity index is 1190. The molecule has 2 N–H and O–H groups in total. The Hall–Kier alpha value is -3.33. The van der Waals surface area contributed by atoms with E-state index in [1.165, 1.54) is 18.2 Å². The summed E-state index contributed by atoms with van der Waals surface area (Å²) in [5, 5.41) is 6.46. The van der Waals surface area contributed by atoms with Gasteiger partial charge in [-0.3, -0.25) is 9.59 Å². The molecule has 2 amide bonds. The molecule has 1 atom stereocenters. The number of carbonyl (C=O) groups is 2. The van der Waals surface area contributed by atoms with Crippen LogP contribution in [0.25, 0.3) is 10.8 Å². The SMILES string of the molecule is O=C(C[C@H]1SC(=Nc2ccccc2C(F)(F)F)NC1=O)Nc1ccc2ccccc2c1. The number of para-hydroxylation sites is 1. The summed E-state index contributed by atoms with van der Waals surface area (Å²) in [4.78, 5) is 28.6. The first-order valence-corrected chi connectivity index (χ1v) is 10.2. The van der Waals surface area contributed by atoms with Gasteiger partial charge in [-0.05, 0) is 35.0 Å². The molecule has 1 aliphatic rings. The number of hydrogen-bond acceptors (Lipinski definition) is 4. The van der Waals surface area contributed by atoms with Gasteiger partial charge in [-0.25, -0.2) is 4.99 Å². The number of halogens is 3. The Morgan fingerprint density at radius 1 is 1.03 bits per heavy atom. The van der Waals surface area contributed by atoms with E-state index in [0.717, 1.165) is 28.6 Å². The van der Waals surface area contributed by atoms with Crippen LogP contribution in [0, 0.1) is 0 Å². The summed E-state index contributed by atoms with van der Waals surface area (Å²) < 4.78 is 39.4. The molecule has 5 nitrogen and oxygen atoms in total. The number of hydrogen-bond donors (Lipinski definition) is 2. The molecule has 3 aromatic rings. The molecule has 1 heterocycles. The fraction of sp³-hybridized carbons (Fsp3) is 0.136. The number of amides is 2. The van der Waals surface area contributed by atoms with Crippen LogP contribution in [0.1, 0.15) is 12.0 Å². The number of alkyl halides is 3. The van der Waals surface area contributed by atoms with Crippen molar-refractivity contribution in [2.45, 2.75) is 17.8 Å². The molecule has 0 radical (unpaired) electrons. The summed E-state index contributed by atoms with van der Waals surface area (Å²) in [5.74, 6) is -0.846. The lowest BCUT2D eigenvalue weighted by atomic mass is 10.1. The second-order valence-corrected chi connectivity index (χ2v) is 8.03. The second kappa shape index (κ2) is 8.43. The Morgan fingerprint density at radius 3 is 2.52 bits per heavy atom. The van der Waals surface area contributed by atoms with Crippen molar-refractivity contribution in [2.75, 3.05) is 5.32 Å². The molecule has 1 aliphatic heterocycles. The standard InChI is InChI=1S/C22H16F3N3O2S/c23-22(24,25)16-7-3-4-8-17(16)27-21-28-20(30)18(31-21)12-19(29)26-15-10-9-13-5-1-2-6-14(13)11-15/h1-11,18H,12H2,(H,26,29)(H,27,28,30)/t18-/m1/s1. The van der Waals surface area contributed by atoms with Crippen molar-refractivity contribution in [1.82, 2.24) is 5.32 Å². The molecular weight excluding hydrogens is 427 g/mol. The Kier molecular flexibility index (Phi) is 5.69. The van der Waals surface area contributed by atoms with E-state index >= 15 is 0 Å². The number of thioether (sulfide) groups is 1. The van der Waals surface area contributed by atoms with Crippen LogP contribution >= 0.6 is 11.8 Å². The number of fused-ring (bicyclic) bond motifs is 1. The highest BCUT2D eigenvalue weighted by Gasteiger charge is 2.35. The molecule has 0 unspecified atom stereocenters. The second-order valence-electron chi connectivity index (χ2n) is 6.84. The maximum absolute atomic E-state index is 13.1. The van der Waals surface area contributed by atoms with Gasteiger partial charge in [0.25, 0.3) is 0 Å². The number of rotatable bonds is 4. The van der Waals surface area contributed by atoms with Crippen LogP contribution in [0.2, 0.25) is 0 Å². The highest BCUT2D eigenvalue weighted by Crippen LogP contribution is 2.37. The lowest BCUT2D eigenvalue weighted by Gasteiger charge is -2.09. The number of aliphatic imine (C=N–C) groups is 1. The first-order chi connectivity index (χ1) is 14.8. The van der Waals surface area contributed by atoms with Crippen molar-refractivity contribution in [3.05, 3.63) is 72.3 Å². The highest BCUT2D eigenvalue weighted by atomic mass is 32.2. The Morgan fingerprint density at radius 2 is 1.74 bits per heavy atom. The number of nitrogens with zero attached hydrogens (tertiary/aromatic N) is 1. The van der Waals surface area contributed by atoms with Gasteiger partial charge in [0.15, 0.2) is 5.17 Å². The van der Waals surface area contributed by atoms with Crippen molar-refractivity contribution in [2.24, 2.45) is 4.99 Å². The maximum atomic E-state index is 13.1. The van der Waals surface area contributed by atoms with E-state index in [0.29, 0.717) is 5.69 Å². The van der Waals surface area contributed by atoms with Gasteiger partial charge in [-0.2, -0.15) is 13.2 Å². The first-order valence-electron chi connectivity index (χ1n) is 9.31. The first kappa shape index (κ1) is 20.9. The zero-order chi connectivity index (χ0) is 22.0. The number of anilines is 1. The predicted molar refractivity (Wildman–Crippen MR) is 115 cm³/mol. The predicted octanol–water partition coefficient (Wildman–Crippen LogP) is 5.11. The normalized spacial score (nSPS) is 17.7. The minimum Gasteiger partial charge on any atom is -0.326 e. The van der Waals surface area contributed by atoms with Crippen LogP contribution in [0.4, 0.5) is 24.5 Å². The summed E-state index contributed by atoms with van der Waals surface area (Å²) in [7, 11) is 0. The summed E-state index contributed by atoms with van der Waals surface area (Å²) in [6, 6.07) is 18.0. The summed E-state index contributed by atoms with van der Waals surface area (Å²) in [6.07, 6.45) is -4.70. The number of nitrogens with one attached hydrogen (secondary N) is 2. The van der Waals surface area contributed by atoms with Crippen LogP contribution in [0.3, 0.4) is 0 Å². The Balaban J connectivity index is 1.44. The van der Waals surface area contributed by atoms with Crippen molar-refractivity contribution >= 4 is 50.9 Å². The van der Waals surface area contributed by atoms with Crippen LogP contribution in [0.15, 0.2) is 71.7 Å². The minimum absolute atomic E-state index is 0.0326. The largest absolute Gasteiger partial charge is 0.418 e. The van der Waals surface area contributed by atoms with Gasteiger partial charge in [-0.15, -0.1) is 0 Å². The average molecular weight is 443 g/mol. The third kappa shape index (κ3) is 4.88. The molecule has 4 rings (SSSR count). The van der Waals surface area contributed by atoms with E-state index in [-0.39, 0.29) is 23.2 Å². The summed E-state index contributed by atoms with van der Waals surface area (Å²) in [5.41, 5.74) is -0.589. The van der Waals surface area contributed by atoms with Gasteiger partial charge in [-0.1, -0.05) is 54.2 Å². The summed E-state index contributed by atoms with van der Waals surface area (Å²) >= 11 is 0.936. The van der Waals surface area contributed by atoms with Crippen LogP contribution in [-0.2, 0) is 15.8 Å². The summed E-state index contributed by atoms with van der Waals surface area (Å²) in [6.45, 7) is 0. The van der Waals surface area contributed by atoms with E-state index in [1.54, 1.807) is 6.07 Å². The van der Waals surface area contributed by atoms with Gasteiger partial charge in [0.1, 0.15) is 5.25 Å². The topological polar surface area (TPSA) is 70.6 Å². The van der Waals surface area contributed by atoms with Crippen molar-refractivity contribution in [3.63, 3.8) is 0 Å². The van der Waals surface area contributed by atoms with Crippen LogP contribution < -0.4 is 10.6 Å². The van der Waals surface area contributed by atoms with Crippen LogP contribution in [-0.4, -0.2) is 22.2 Å². The lowest BCUT2D eigenvalue weighted by molar-refractivity contribution is -0.137. The quantitative estimate of drug-likeness (QED) is 0.589. The van der Waals surface area contributed by atoms with Gasteiger partial charge in [0.05, 0.1) is 11.3 Å². The van der Waals surface area contributed by atoms with Crippen molar-refractivity contribution in [3.8, 4) is 0 Å². The number of benzene rings is 3. The smallest absolute Gasteiger partial charge is 0.326 e. The number of amidine groups is 1. The van der Waals surface area contributed by atoms with E-state index in [2.05, 4.69) is 15.6 Å². The molecule has 158 valence electrons. The fourth-order valence-corrected chi connectivity index (χ4v) is 4.14. The van der Waals surface area contributed by atoms with E-state index < -0.39 is 22.9 Å². The number of carbonyl (C=O) groups excluding carboxylic acids is 2.